The molecule has 6 heteroatoms. The maximum absolute atomic E-state index is 15.2. The molecule has 3 heterocycles. The first kappa shape index (κ1) is 22.2. The molecule has 0 saturated carbocycles. The third kappa shape index (κ3) is 4.33. The third-order valence-corrected chi connectivity index (χ3v) is 7.56. The summed E-state index contributed by atoms with van der Waals surface area (Å²) in [6.45, 7) is 9.78. The van der Waals surface area contributed by atoms with E-state index in [4.69, 9.17) is 9.47 Å². The van der Waals surface area contributed by atoms with Gasteiger partial charge in [0.25, 0.3) is 0 Å². The second-order valence-corrected chi connectivity index (χ2v) is 10.3. The summed E-state index contributed by atoms with van der Waals surface area (Å²) in [4.78, 5) is 15.2. The van der Waals surface area contributed by atoms with Crippen molar-refractivity contribution in [2.75, 3.05) is 26.2 Å². The van der Waals surface area contributed by atoms with E-state index in [1.54, 1.807) is 6.07 Å². The highest BCUT2D eigenvalue weighted by Crippen LogP contribution is 2.47. The fraction of sp³-hybridized carbons (Fsp3) is 0.519. The van der Waals surface area contributed by atoms with Crippen molar-refractivity contribution in [1.29, 1.82) is 0 Å². The Bertz CT molecular complexity index is 1030. The van der Waals surface area contributed by atoms with E-state index >= 15 is 4.39 Å². The molecule has 0 spiro atoms. The van der Waals surface area contributed by atoms with Crippen LogP contribution in [0.1, 0.15) is 50.8 Å². The molecule has 3 saturated heterocycles. The highest BCUT2D eigenvalue weighted by molar-refractivity contribution is 5.70. The summed E-state index contributed by atoms with van der Waals surface area (Å²) in [5, 5.41) is 3.08. The number of nitrogens with zero attached hydrogens (tertiary/aromatic N) is 1. The minimum Gasteiger partial charge on any atom is -0.494 e. The number of hydrogen-bond acceptors (Lipinski definition) is 4. The maximum atomic E-state index is 15.2. The van der Waals surface area contributed by atoms with Crippen LogP contribution in [0.2, 0.25) is 0 Å². The predicted molar refractivity (Wildman–Crippen MR) is 126 cm³/mol. The number of amides is 1. The Morgan fingerprint density at radius 1 is 1.18 bits per heavy atom. The number of carbonyl (C=O) groups is 1. The molecule has 0 unspecified atom stereocenters. The number of benzene rings is 2. The standard InChI is InChI=1S/C27H33FN2O3/c1-4-32-20-7-5-17(6-8-20)21-13-19-15-27(2,3)25(22(19)14-23(21)28)29-26(31)33-24-16-30-11-9-18(24)10-12-30/h5-8,13-14,18,24-25H,4,9-12,15-16H2,1-3H3,(H,29,31)/t24-,25+/m1/s1. The van der Waals surface area contributed by atoms with Crippen LogP contribution in [0.5, 0.6) is 5.75 Å². The van der Waals surface area contributed by atoms with Crippen LogP contribution in [0.3, 0.4) is 0 Å². The Balaban J connectivity index is 1.34. The second-order valence-electron chi connectivity index (χ2n) is 10.3. The van der Waals surface area contributed by atoms with Gasteiger partial charge in [-0.25, -0.2) is 9.18 Å². The van der Waals surface area contributed by atoms with E-state index in [-0.39, 0.29) is 23.4 Å². The molecule has 2 aromatic rings. The zero-order valence-electron chi connectivity index (χ0n) is 19.7. The van der Waals surface area contributed by atoms with Gasteiger partial charge in [0.1, 0.15) is 17.7 Å². The number of nitrogens with one attached hydrogen (secondary N) is 1. The van der Waals surface area contributed by atoms with E-state index < -0.39 is 6.09 Å². The van der Waals surface area contributed by atoms with Gasteiger partial charge in [0.05, 0.1) is 12.6 Å². The summed E-state index contributed by atoms with van der Waals surface area (Å²) in [6.07, 6.45) is 2.51. The zero-order chi connectivity index (χ0) is 23.2. The van der Waals surface area contributed by atoms with Crippen LogP contribution < -0.4 is 10.1 Å². The molecular formula is C27H33FN2O3. The van der Waals surface area contributed by atoms with E-state index in [1.165, 1.54) is 0 Å². The highest BCUT2D eigenvalue weighted by Gasteiger charge is 2.42. The molecule has 176 valence electrons. The van der Waals surface area contributed by atoms with Crippen LogP contribution in [-0.2, 0) is 11.2 Å². The minimum atomic E-state index is -0.393. The fourth-order valence-electron chi connectivity index (χ4n) is 5.79. The third-order valence-electron chi connectivity index (χ3n) is 7.56. The molecular weight excluding hydrogens is 419 g/mol. The van der Waals surface area contributed by atoms with Crippen molar-refractivity contribution in [3.63, 3.8) is 0 Å². The van der Waals surface area contributed by atoms with Crippen molar-refractivity contribution in [3.05, 3.63) is 53.3 Å². The van der Waals surface area contributed by atoms with E-state index in [0.29, 0.717) is 18.1 Å². The topological polar surface area (TPSA) is 50.8 Å². The van der Waals surface area contributed by atoms with E-state index in [2.05, 4.69) is 24.1 Å². The smallest absolute Gasteiger partial charge is 0.407 e. The summed E-state index contributed by atoms with van der Waals surface area (Å²) >= 11 is 0. The van der Waals surface area contributed by atoms with Gasteiger partial charge in [0.2, 0.25) is 0 Å². The molecule has 3 fully saturated rings. The first-order valence-electron chi connectivity index (χ1n) is 12.1. The number of hydrogen-bond donors (Lipinski definition) is 1. The van der Waals surface area contributed by atoms with Crippen LogP contribution in [0, 0.1) is 17.2 Å². The van der Waals surface area contributed by atoms with Crippen LogP contribution >= 0.6 is 0 Å². The molecule has 1 N–H and O–H groups in total. The fourth-order valence-corrected chi connectivity index (χ4v) is 5.79. The van der Waals surface area contributed by atoms with Gasteiger partial charge in [-0.1, -0.05) is 26.0 Å². The van der Waals surface area contributed by atoms with Gasteiger partial charge in [0.15, 0.2) is 0 Å². The summed E-state index contributed by atoms with van der Waals surface area (Å²) in [5.41, 5.74) is 3.06. The second kappa shape index (κ2) is 8.64. The average molecular weight is 453 g/mol. The molecule has 3 aliphatic heterocycles. The number of halogens is 1. The molecule has 5 nitrogen and oxygen atoms in total. The van der Waals surface area contributed by atoms with Gasteiger partial charge in [-0.05, 0) is 91.6 Å². The van der Waals surface area contributed by atoms with Crippen molar-refractivity contribution < 1.29 is 18.7 Å². The van der Waals surface area contributed by atoms with E-state index in [9.17, 15) is 4.79 Å². The molecule has 1 aliphatic carbocycles. The highest BCUT2D eigenvalue weighted by atomic mass is 19.1. The van der Waals surface area contributed by atoms with Gasteiger partial charge < -0.3 is 14.8 Å². The Labute approximate surface area is 195 Å². The molecule has 2 atom stereocenters. The normalized spacial score (nSPS) is 27.2. The SMILES string of the molecule is CCOc1ccc(-c2cc3c(cc2F)[C@H](NC(=O)O[C@@H]2CN4CCC2CC4)C(C)(C)C3)cc1. The number of alkyl carbamates (subject to hydrolysis) is 1. The minimum absolute atomic E-state index is 0.0461. The first-order valence-corrected chi connectivity index (χ1v) is 12.1. The molecule has 0 aromatic heterocycles. The van der Waals surface area contributed by atoms with Gasteiger partial charge in [-0.3, -0.25) is 4.90 Å². The number of fused-ring (bicyclic) bond motifs is 4. The van der Waals surface area contributed by atoms with Gasteiger partial charge >= 0.3 is 6.09 Å². The molecule has 2 aromatic carbocycles. The van der Waals surface area contributed by atoms with Crippen LogP contribution in [-0.4, -0.2) is 43.3 Å². The van der Waals surface area contributed by atoms with Crippen LogP contribution in [0.25, 0.3) is 11.1 Å². The summed E-state index contributed by atoms with van der Waals surface area (Å²) < 4.78 is 26.6. The molecule has 1 amide bonds. The van der Waals surface area contributed by atoms with Crippen molar-refractivity contribution in [2.45, 2.75) is 52.2 Å². The van der Waals surface area contributed by atoms with Gasteiger partial charge in [-0.2, -0.15) is 0 Å². The Hall–Kier alpha value is -2.60. The molecule has 33 heavy (non-hydrogen) atoms. The molecule has 4 aliphatic rings. The largest absolute Gasteiger partial charge is 0.494 e. The Kier molecular flexibility index (Phi) is 5.81. The van der Waals surface area contributed by atoms with Crippen molar-refractivity contribution in [1.82, 2.24) is 10.2 Å². The number of piperidine rings is 3. The predicted octanol–water partition coefficient (Wildman–Crippen LogP) is 5.34. The molecule has 0 radical (unpaired) electrons. The van der Waals surface area contributed by atoms with E-state index in [0.717, 1.165) is 61.3 Å². The Morgan fingerprint density at radius 2 is 1.91 bits per heavy atom. The average Bonchev–Trinajstić information content (AvgIpc) is 3.03. The first-order chi connectivity index (χ1) is 15.8. The van der Waals surface area contributed by atoms with Gasteiger partial charge in [0, 0.05) is 12.1 Å². The summed E-state index contributed by atoms with van der Waals surface area (Å²) in [7, 11) is 0. The lowest BCUT2D eigenvalue weighted by atomic mass is 9.85. The number of carbonyl (C=O) groups excluding carboxylic acids is 1. The van der Waals surface area contributed by atoms with Gasteiger partial charge in [-0.15, -0.1) is 0 Å². The number of rotatable bonds is 5. The zero-order valence-corrected chi connectivity index (χ0v) is 19.7. The molecule has 2 bridgehead atoms. The lowest BCUT2D eigenvalue weighted by molar-refractivity contribution is -0.0349. The summed E-state index contributed by atoms with van der Waals surface area (Å²) in [6, 6.07) is 10.7. The maximum Gasteiger partial charge on any atom is 0.407 e. The number of ether oxygens (including phenoxy) is 2. The quantitative estimate of drug-likeness (QED) is 0.666. The van der Waals surface area contributed by atoms with Crippen molar-refractivity contribution in [2.24, 2.45) is 11.3 Å². The van der Waals surface area contributed by atoms with Crippen molar-refractivity contribution in [3.8, 4) is 16.9 Å². The lowest BCUT2D eigenvalue weighted by Crippen LogP contribution is -2.53. The van der Waals surface area contributed by atoms with Crippen LogP contribution in [0.4, 0.5) is 9.18 Å². The summed E-state index contributed by atoms with van der Waals surface area (Å²) in [5.74, 6) is 0.946. The van der Waals surface area contributed by atoms with E-state index in [1.807, 2.05) is 37.3 Å². The monoisotopic (exact) mass is 452 g/mol. The Morgan fingerprint density at radius 3 is 2.55 bits per heavy atom. The molecule has 6 rings (SSSR count). The van der Waals surface area contributed by atoms with Crippen molar-refractivity contribution >= 4 is 6.09 Å². The lowest BCUT2D eigenvalue weighted by Gasteiger charge is -2.44. The van der Waals surface area contributed by atoms with Crippen LogP contribution in [0.15, 0.2) is 36.4 Å².